The maximum absolute atomic E-state index is 12.8. The van der Waals surface area contributed by atoms with Gasteiger partial charge in [-0.25, -0.2) is 0 Å². The summed E-state index contributed by atoms with van der Waals surface area (Å²) in [6, 6.07) is 5.69. The predicted molar refractivity (Wildman–Crippen MR) is 57.4 cm³/mol. The van der Waals surface area contributed by atoms with Crippen LogP contribution in [0.3, 0.4) is 0 Å². The van der Waals surface area contributed by atoms with Crippen molar-refractivity contribution >= 4 is 0 Å². The first-order valence-corrected chi connectivity index (χ1v) is 5.63. The number of hydrogen-bond acceptors (Lipinski definition) is 1. The SMILES string of the molecule is N#Cc1ccc(C2CCCC2)cc1C(F)(F)F. The van der Waals surface area contributed by atoms with Crippen molar-refractivity contribution in [2.24, 2.45) is 0 Å². The van der Waals surface area contributed by atoms with E-state index in [1.807, 2.05) is 0 Å². The van der Waals surface area contributed by atoms with E-state index in [2.05, 4.69) is 0 Å². The van der Waals surface area contributed by atoms with Crippen molar-refractivity contribution in [2.45, 2.75) is 37.8 Å². The summed E-state index contributed by atoms with van der Waals surface area (Å²) in [5, 5.41) is 8.69. The van der Waals surface area contributed by atoms with Crippen molar-refractivity contribution in [2.75, 3.05) is 0 Å². The summed E-state index contributed by atoms with van der Waals surface area (Å²) in [7, 11) is 0. The van der Waals surface area contributed by atoms with E-state index >= 15 is 0 Å². The molecule has 0 bridgehead atoms. The van der Waals surface area contributed by atoms with Crippen LogP contribution in [0.25, 0.3) is 0 Å². The van der Waals surface area contributed by atoms with Gasteiger partial charge in [-0.3, -0.25) is 0 Å². The zero-order valence-corrected chi connectivity index (χ0v) is 9.22. The van der Waals surface area contributed by atoms with Gasteiger partial charge in [-0.05, 0) is 36.5 Å². The van der Waals surface area contributed by atoms with E-state index in [0.29, 0.717) is 5.56 Å². The lowest BCUT2D eigenvalue weighted by Gasteiger charge is -2.14. The molecule has 1 aliphatic carbocycles. The molecular weight excluding hydrogens is 227 g/mol. The first-order chi connectivity index (χ1) is 8.02. The van der Waals surface area contributed by atoms with Crippen molar-refractivity contribution in [1.82, 2.24) is 0 Å². The van der Waals surface area contributed by atoms with Crippen LogP contribution in [0.15, 0.2) is 18.2 Å². The molecule has 0 amide bonds. The number of nitriles is 1. The molecule has 0 radical (unpaired) electrons. The summed E-state index contributed by atoms with van der Waals surface area (Å²) in [6.07, 6.45) is -0.399. The van der Waals surface area contributed by atoms with Gasteiger partial charge in [0.1, 0.15) is 0 Å². The van der Waals surface area contributed by atoms with Crippen molar-refractivity contribution in [3.63, 3.8) is 0 Å². The highest BCUT2D eigenvalue weighted by Gasteiger charge is 2.34. The number of nitrogens with zero attached hydrogens (tertiary/aromatic N) is 1. The average Bonchev–Trinajstić information content (AvgIpc) is 2.80. The van der Waals surface area contributed by atoms with Gasteiger partial charge in [-0.15, -0.1) is 0 Å². The standard InChI is InChI=1S/C13H12F3N/c14-13(15,16)12-7-10(5-6-11(12)8-17)9-3-1-2-4-9/h5-7,9H,1-4H2. The monoisotopic (exact) mass is 239 g/mol. The van der Waals surface area contributed by atoms with Gasteiger partial charge < -0.3 is 0 Å². The zero-order chi connectivity index (χ0) is 12.5. The number of alkyl halides is 3. The quantitative estimate of drug-likeness (QED) is 0.719. The van der Waals surface area contributed by atoms with Gasteiger partial charge in [0.05, 0.1) is 17.2 Å². The van der Waals surface area contributed by atoms with Crippen LogP contribution in [-0.4, -0.2) is 0 Å². The lowest BCUT2D eigenvalue weighted by atomic mass is 9.94. The molecule has 17 heavy (non-hydrogen) atoms. The molecule has 1 aliphatic rings. The molecule has 0 atom stereocenters. The van der Waals surface area contributed by atoms with Gasteiger partial charge in [0.25, 0.3) is 0 Å². The Kier molecular flexibility index (Phi) is 3.10. The highest BCUT2D eigenvalue weighted by molar-refractivity contribution is 5.43. The second-order valence-electron chi connectivity index (χ2n) is 4.40. The molecule has 0 aliphatic heterocycles. The molecule has 0 aromatic heterocycles. The van der Waals surface area contributed by atoms with Crippen LogP contribution >= 0.6 is 0 Å². The Morgan fingerprint density at radius 2 is 1.82 bits per heavy atom. The van der Waals surface area contributed by atoms with E-state index in [1.54, 1.807) is 12.1 Å². The maximum atomic E-state index is 12.8. The summed E-state index contributed by atoms with van der Waals surface area (Å²) in [5.74, 6) is 0.226. The van der Waals surface area contributed by atoms with E-state index in [1.165, 1.54) is 6.07 Å². The Labute approximate surface area is 97.9 Å². The summed E-state index contributed by atoms with van der Waals surface area (Å²) in [5.41, 5.74) is -0.377. The number of halogens is 3. The summed E-state index contributed by atoms with van der Waals surface area (Å²) >= 11 is 0. The fourth-order valence-electron chi connectivity index (χ4n) is 2.41. The van der Waals surface area contributed by atoms with Crippen LogP contribution in [0, 0.1) is 11.3 Å². The molecule has 2 rings (SSSR count). The molecule has 1 aromatic rings. The third-order valence-electron chi connectivity index (χ3n) is 3.30. The highest BCUT2D eigenvalue weighted by atomic mass is 19.4. The minimum absolute atomic E-state index is 0.226. The smallest absolute Gasteiger partial charge is 0.192 e. The Morgan fingerprint density at radius 3 is 2.35 bits per heavy atom. The van der Waals surface area contributed by atoms with Gasteiger partial charge in [0, 0.05) is 0 Å². The number of rotatable bonds is 1. The molecule has 90 valence electrons. The van der Waals surface area contributed by atoms with E-state index in [0.717, 1.165) is 31.7 Å². The van der Waals surface area contributed by atoms with Crippen molar-refractivity contribution < 1.29 is 13.2 Å². The molecule has 1 saturated carbocycles. The lowest BCUT2D eigenvalue weighted by Crippen LogP contribution is -2.09. The zero-order valence-electron chi connectivity index (χ0n) is 9.22. The normalized spacial score (nSPS) is 17.1. The number of benzene rings is 1. The molecule has 1 aromatic carbocycles. The summed E-state index contributed by atoms with van der Waals surface area (Å²) in [4.78, 5) is 0. The molecule has 0 heterocycles. The first kappa shape index (κ1) is 12.0. The minimum Gasteiger partial charge on any atom is -0.192 e. The Morgan fingerprint density at radius 1 is 1.18 bits per heavy atom. The van der Waals surface area contributed by atoms with Gasteiger partial charge in [-0.1, -0.05) is 18.9 Å². The molecule has 1 nitrogen and oxygen atoms in total. The average molecular weight is 239 g/mol. The fourth-order valence-corrected chi connectivity index (χ4v) is 2.41. The molecule has 0 saturated heterocycles. The Bertz CT molecular complexity index is 451. The van der Waals surface area contributed by atoms with Crippen molar-refractivity contribution in [3.05, 3.63) is 34.9 Å². The van der Waals surface area contributed by atoms with Crippen molar-refractivity contribution in [3.8, 4) is 6.07 Å². The van der Waals surface area contributed by atoms with E-state index in [9.17, 15) is 13.2 Å². The van der Waals surface area contributed by atoms with E-state index in [4.69, 9.17) is 5.26 Å². The van der Waals surface area contributed by atoms with Crippen LogP contribution in [0.2, 0.25) is 0 Å². The van der Waals surface area contributed by atoms with E-state index in [-0.39, 0.29) is 11.5 Å². The third-order valence-corrected chi connectivity index (χ3v) is 3.30. The van der Waals surface area contributed by atoms with Gasteiger partial charge >= 0.3 is 6.18 Å². The summed E-state index contributed by atoms with van der Waals surface area (Å²) < 4.78 is 38.3. The fraction of sp³-hybridized carbons (Fsp3) is 0.462. The van der Waals surface area contributed by atoms with Crippen LogP contribution in [0.1, 0.15) is 48.3 Å². The minimum atomic E-state index is -4.44. The lowest BCUT2D eigenvalue weighted by molar-refractivity contribution is -0.137. The molecule has 1 fully saturated rings. The predicted octanol–water partition coefficient (Wildman–Crippen LogP) is 4.23. The van der Waals surface area contributed by atoms with Crippen LogP contribution < -0.4 is 0 Å². The van der Waals surface area contributed by atoms with Gasteiger partial charge in [0.15, 0.2) is 0 Å². The van der Waals surface area contributed by atoms with Crippen LogP contribution in [0.5, 0.6) is 0 Å². The Hall–Kier alpha value is -1.50. The van der Waals surface area contributed by atoms with Crippen LogP contribution in [0.4, 0.5) is 13.2 Å². The third kappa shape index (κ3) is 2.44. The maximum Gasteiger partial charge on any atom is 0.417 e. The second kappa shape index (κ2) is 4.40. The largest absolute Gasteiger partial charge is 0.417 e. The van der Waals surface area contributed by atoms with Gasteiger partial charge in [0.2, 0.25) is 0 Å². The molecule has 0 spiro atoms. The highest BCUT2D eigenvalue weighted by Crippen LogP contribution is 2.38. The first-order valence-electron chi connectivity index (χ1n) is 5.63. The van der Waals surface area contributed by atoms with Gasteiger partial charge in [-0.2, -0.15) is 18.4 Å². The molecule has 0 N–H and O–H groups in total. The molecule has 0 unspecified atom stereocenters. The topological polar surface area (TPSA) is 23.8 Å². The van der Waals surface area contributed by atoms with Crippen LogP contribution in [-0.2, 0) is 6.18 Å². The van der Waals surface area contributed by atoms with E-state index < -0.39 is 11.7 Å². The molecular formula is C13H12F3N. The molecule has 4 heteroatoms. The second-order valence-corrected chi connectivity index (χ2v) is 4.40. The summed E-state index contributed by atoms with van der Waals surface area (Å²) in [6.45, 7) is 0. The number of hydrogen-bond donors (Lipinski definition) is 0. The Balaban J connectivity index is 2.42. The van der Waals surface area contributed by atoms with Crippen molar-refractivity contribution in [1.29, 1.82) is 5.26 Å².